The Labute approximate surface area is 302 Å². The molecule has 1 amide bonds. The van der Waals surface area contributed by atoms with Crippen LogP contribution < -0.4 is 24.3 Å². The quantitative estimate of drug-likeness (QED) is 0.215. The molecule has 0 unspecified atom stereocenters. The van der Waals surface area contributed by atoms with E-state index in [2.05, 4.69) is 77.5 Å². The molecule has 4 aliphatic rings. The van der Waals surface area contributed by atoms with Crippen molar-refractivity contribution in [3.8, 4) is 23.0 Å². The molecule has 0 saturated carbocycles. The summed E-state index contributed by atoms with van der Waals surface area (Å²) in [4.78, 5) is 22.2. The lowest BCUT2D eigenvalue weighted by Crippen LogP contribution is -2.42. The molecule has 10 nitrogen and oxygen atoms in total. The molecule has 0 saturated heterocycles. The van der Waals surface area contributed by atoms with Gasteiger partial charge in [-0.25, -0.2) is 4.79 Å². The molecule has 2 aliphatic heterocycles. The highest BCUT2D eigenvalue weighted by atomic mass is 79.9. The molecular formula is C37H38Br2N4O6. The summed E-state index contributed by atoms with van der Waals surface area (Å²) in [6, 6.07) is 17.0. The van der Waals surface area contributed by atoms with Crippen molar-refractivity contribution in [1.82, 2.24) is 20.2 Å². The molecule has 2 aliphatic carbocycles. The van der Waals surface area contributed by atoms with E-state index in [1.165, 1.54) is 31.6 Å². The summed E-state index contributed by atoms with van der Waals surface area (Å²) in [5, 5.41) is 13.4. The highest BCUT2D eigenvalue weighted by Crippen LogP contribution is 2.32. The van der Waals surface area contributed by atoms with Crippen LogP contribution in [0.25, 0.3) is 0 Å². The average molecular weight is 795 g/mol. The van der Waals surface area contributed by atoms with Gasteiger partial charge in [-0.1, -0.05) is 44.0 Å². The molecular weight excluding hydrogens is 756 g/mol. The number of rotatable bonds is 6. The van der Waals surface area contributed by atoms with Gasteiger partial charge in [0.2, 0.25) is 0 Å². The Bertz CT molecular complexity index is 1820. The van der Waals surface area contributed by atoms with Gasteiger partial charge < -0.3 is 29.4 Å². The van der Waals surface area contributed by atoms with E-state index >= 15 is 0 Å². The number of carboxylic acid groups (broad SMARTS) is 1. The molecule has 0 bridgehead atoms. The smallest absolute Gasteiger partial charge is 0.407 e. The maximum atomic E-state index is 11.9. The third-order valence-electron chi connectivity index (χ3n) is 9.33. The summed E-state index contributed by atoms with van der Waals surface area (Å²) in [5.41, 5.74) is 7.08. The molecule has 0 radical (unpaired) electrons. The van der Waals surface area contributed by atoms with E-state index in [0.717, 1.165) is 66.7 Å². The van der Waals surface area contributed by atoms with Crippen molar-refractivity contribution in [2.24, 2.45) is 0 Å². The van der Waals surface area contributed by atoms with Crippen LogP contribution in [-0.2, 0) is 38.8 Å². The molecule has 4 aromatic rings. The van der Waals surface area contributed by atoms with E-state index < -0.39 is 6.09 Å². The zero-order valence-corrected chi connectivity index (χ0v) is 30.2. The number of nitrogens with one attached hydrogen (secondary N) is 1. The van der Waals surface area contributed by atoms with E-state index in [9.17, 15) is 9.90 Å². The molecule has 8 rings (SSSR count). The van der Waals surface area contributed by atoms with Crippen LogP contribution in [0.5, 0.6) is 23.0 Å². The fraction of sp³-hybridized carbons (Fsp3) is 0.378. The summed E-state index contributed by atoms with van der Waals surface area (Å²) in [7, 11) is 0. The summed E-state index contributed by atoms with van der Waals surface area (Å²) >= 11 is 7.05. The highest BCUT2D eigenvalue weighted by molar-refractivity contribution is 9.10. The first-order chi connectivity index (χ1) is 23.9. The first kappa shape index (κ1) is 33.6. The zero-order valence-electron chi connectivity index (χ0n) is 27.0. The van der Waals surface area contributed by atoms with Gasteiger partial charge in [-0.05, 0) is 85.0 Å². The number of benzene rings is 2. The third kappa shape index (κ3) is 8.30. The Balaban J connectivity index is 0.000000155. The second-order valence-corrected chi connectivity index (χ2v) is 14.4. The largest absolute Gasteiger partial charge is 0.486 e. The molecule has 12 heteroatoms. The fourth-order valence-corrected chi connectivity index (χ4v) is 7.62. The van der Waals surface area contributed by atoms with Gasteiger partial charge in [0, 0.05) is 39.7 Å². The van der Waals surface area contributed by atoms with E-state index in [-0.39, 0.29) is 12.6 Å². The molecule has 2 aromatic heterocycles. The monoisotopic (exact) mass is 792 g/mol. The number of amides is 1. The molecule has 256 valence electrons. The lowest BCUT2D eigenvalue weighted by Gasteiger charge is -2.33. The van der Waals surface area contributed by atoms with Crippen LogP contribution in [0.3, 0.4) is 0 Å². The van der Waals surface area contributed by atoms with E-state index in [1.807, 2.05) is 12.1 Å². The van der Waals surface area contributed by atoms with Gasteiger partial charge in [0.15, 0.2) is 23.0 Å². The Morgan fingerprint density at radius 3 is 1.92 bits per heavy atom. The Morgan fingerprint density at radius 2 is 1.29 bits per heavy atom. The first-order valence-corrected chi connectivity index (χ1v) is 18.2. The molecule has 2 aromatic carbocycles. The second-order valence-electron chi connectivity index (χ2n) is 12.6. The number of nitrogens with zero attached hydrogens (tertiary/aromatic N) is 3. The Morgan fingerprint density at radius 1 is 0.735 bits per heavy atom. The number of hydrogen-bond acceptors (Lipinski definition) is 8. The zero-order chi connectivity index (χ0) is 33.7. The topological polar surface area (TPSA) is 115 Å². The number of ether oxygens (including phenoxy) is 4. The minimum Gasteiger partial charge on any atom is -0.486 e. The van der Waals surface area contributed by atoms with Crippen LogP contribution in [0.1, 0.15) is 46.5 Å². The van der Waals surface area contributed by atoms with Crippen molar-refractivity contribution < 1.29 is 28.8 Å². The van der Waals surface area contributed by atoms with Crippen LogP contribution >= 0.6 is 31.9 Å². The standard InChI is InChI=1S/C19H19BrN2O4.C18H19BrN2O2/c20-14-3-1-13-8-16(4-2-12(13)7-14)22(19(23)24)11-15-9-17-18(10-21-15)26-6-5-25-17;19-14-3-1-13-8-15(4-2-12(13)7-14)20-10-16-9-17-18(11-21-16)23-6-5-22-17/h1,3,7,9-10,16H,2,4-6,8,11H2,(H,23,24);1,3,7,9,11,15,20H,2,4-6,8,10H2/t16-;15-/m00/s1. The summed E-state index contributed by atoms with van der Waals surface area (Å²) in [5.74, 6) is 2.79. The van der Waals surface area contributed by atoms with E-state index in [4.69, 9.17) is 18.9 Å². The predicted molar refractivity (Wildman–Crippen MR) is 191 cm³/mol. The van der Waals surface area contributed by atoms with Crippen molar-refractivity contribution >= 4 is 38.0 Å². The van der Waals surface area contributed by atoms with Crippen LogP contribution in [0.4, 0.5) is 4.79 Å². The van der Waals surface area contributed by atoms with Gasteiger partial charge in [-0.15, -0.1) is 0 Å². The Hall–Kier alpha value is -3.87. The molecule has 0 spiro atoms. The van der Waals surface area contributed by atoms with E-state index in [0.29, 0.717) is 49.7 Å². The minimum atomic E-state index is -0.924. The number of aromatic nitrogens is 2. The van der Waals surface area contributed by atoms with Crippen molar-refractivity contribution in [3.63, 3.8) is 0 Å². The van der Waals surface area contributed by atoms with Crippen LogP contribution in [0.15, 0.2) is 69.9 Å². The predicted octanol–water partition coefficient (Wildman–Crippen LogP) is 6.92. The van der Waals surface area contributed by atoms with Gasteiger partial charge >= 0.3 is 6.09 Å². The minimum absolute atomic E-state index is 0.0591. The second kappa shape index (κ2) is 15.3. The number of hydrogen-bond donors (Lipinski definition) is 2. The van der Waals surface area contributed by atoms with Gasteiger partial charge in [-0.2, -0.15) is 0 Å². The summed E-state index contributed by atoms with van der Waals surface area (Å²) in [6.45, 7) is 3.21. The maximum Gasteiger partial charge on any atom is 0.407 e. The highest BCUT2D eigenvalue weighted by Gasteiger charge is 2.29. The van der Waals surface area contributed by atoms with Crippen molar-refractivity contribution in [1.29, 1.82) is 0 Å². The molecule has 2 N–H and O–H groups in total. The van der Waals surface area contributed by atoms with Crippen molar-refractivity contribution in [2.75, 3.05) is 26.4 Å². The number of fused-ring (bicyclic) bond motifs is 4. The molecule has 2 atom stereocenters. The van der Waals surface area contributed by atoms with Crippen LogP contribution in [0, 0.1) is 0 Å². The summed E-state index contributed by atoms with van der Waals surface area (Å²) in [6.07, 6.45) is 8.21. The van der Waals surface area contributed by atoms with Gasteiger partial charge in [0.1, 0.15) is 26.4 Å². The molecule has 0 fully saturated rings. The van der Waals surface area contributed by atoms with Crippen LogP contribution in [-0.4, -0.2) is 64.6 Å². The normalized spacial score (nSPS) is 18.7. The number of halogens is 2. The number of aryl methyl sites for hydroxylation is 2. The van der Waals surface area contributed by atoms with Crippen molar-refractivity contribution in [3.05, 3.63) is 104 Å². The van der Waals surface area contributed by atoms with Gasteiger partial charge in [0.05, 0.1) is 30.3 Å². The fourth-order valence-electron chi connectivity index (χ4n) is 6.81. The average Bonchev–Trinajstić information content (AvgIpc) is 3.12. The summed E-state index contributed by atoms with van der Waals surface area (Å²) < 4.78 is 24.4. The molecule has 49 heavy (non-hydrogen) atoms. The van der Waals surface area contributed by atoms with Gasteiger partial charge in [-0.3, -0.25) is 14.9 Å². The maximum absolute atomic E-state index is 11.9. The van der Waals surface area contributed by atoms with E-state index in [1.54, 1.807) is 18.5 Å². The number of carbonyl (C=O) groups is 1. The Kier molecular flexibility index (Phi) is 10.5. The van der Waals surface area contributed by atoms with Crippen LogP contribution in [0.2, 0.25) is 0 Å². The van der Waals surface area contributed by atoms with Crippen molar-refractivity contribution in [2.45, 2.75) is 63.7 Å². The first-order valence-electron chi connectivity index (χ1n) is 16.6. The third-order valence-corrected chi connectivity index (χ3v) is 10.3. The van der Waals surface area contributed by atoms with Gasteiger partial charge in [0.25, 0.3) is 0 Å². The molecule has 4 heterocycles. The SMILES string of the molecule is Brc1ccc2c(c1)CC[C@H](NCc1cc3c(cn1)OCCO3)C2.O=C(O)N(Cc1cc2c(cn1)OCCO2)[C@H]1CCc2cc(Br)ccc2C1. The lowest BCUT2D eigenvalue weighted by molar-refractivity contribution is 0.114. The number of pyridine rings is 2. The lowest BCUT2D eigenvalue weighted by atomic mass is 9.87.